The maximum absolute atomic E-state index is 10.8. The lowest BCUT2D eigenvalue weighted by Gasteiger charge is -2.02. The van der Waals surface area contributed by atoms with Crippen LogP contribution in [0.2, 0.25) is 0 Å². The second kappa shape index (κ2) is 4.64. The molecule has 78 valence electrons. The average Bonchev–Trinajstić information content (AvgIpc) is 2.55. The molecule has 0 aliphatic rings. The molecule has 1 heterocycles. The topological polar surface area (TPSA) is 56.2 Å². The largest absolute Gasteiger partial charge is 0.453 e. The van der Waals surface area contributed by atoms with Crippen LogP contribution in [-0.2, 0) is 24.8 Å². The van der Waals surface area contributed by atoms with Gasteiger partial charge >= 0.3 is 6.09 Å². The molecule has 1 N–H and O–H groups in total. The van der Waals surface area contributed by atoms with Crippen LogP contribution < -0.4 is 5.32 Å². The highest BCUT2D eigenvalue weighted by molar-refractivity contribution is 5.66. The summed E-state index contributed by atoms with van der Waals surface area (Å²) >= 11 is 0. The number of nitrogens with one attached hydrogen (secondary N) is 1. The molecule has 1 amide bonds. The van der Waals surface area contributed by atoms with E-state index in [1.165, 1.54) is 7.11 Å². The van der Waals surface area contributed by atoms with Crippen LogP contribution in [-0.4, -0.2) is 23.0 Å². The van der Waals surface area contributed by atoms with Crippen LogP contribution in [0.1, 0.15) is 18.2 Å². The lowest BCUT2D eigenvalue weighted by atomic mass is 10.2. The summed E-state index contributed by atoms with van der Waals surface area (Å²) in [5, 5.41) is 6.88. The summed E-state index contributed by atoms with van der Waals surface area (Å²) in [4.78, 5) is 10.8. The van der Waals surface area contributed by atoms with E-state index >= 15 is 0 Å². The Kier molecular flexibility index (Phi) is 3.50. The van der Waals surface area contributed by atoms with Crippen molar-refractivity contribution in [3.05, 3.63) is 17.5 Å². The first-order valence-corrected chi connectivity index (χ1v) is 4.50. The van der Waals surface area contributed by atoms with Crippen molar-refractivity contribution in [2.24, 2.45) is 7.05 Å². The van der Waals surface area contributed by atoms with Gasteiger partial charge in [0.2, 0.25) is 0 Å². The molecule has 0 unspecified atom stereocenters. The van der Waals surface area contributed by atoms with E-state index in [4.69, 9.17) is 0 Å². The zero-order valence-corrected chi connectivity index (χ0v) is 8.70. The normalized spacial score (nSPS) is 9.93. The molecule has 1 aromatic heterocycles. The number of carbonyl (C=O) groups is 1. The van der Waals surface area contributed by atoms with Crippen LogP contribution in [0.25, 0.3) is 0 Å². The Bertz CT molecular complexity index is 320. The van der Waals surface area contributed by atoms with Gasteiger partial charge in [0.05, 0.1) is 12.8 Å². The highest BCUT2D eigenvalue weighted by Crippen LogP contribution is 2.06. The molecule has 1 aromatic rings. The zero-order chi connectivity index (χ0) is 10.6. The van der Waals surface area contributed by atoms with Gasteiger partial charge in [0.15, 0.2) is 0 Å². The van der Waals surface area contributed by atoms with E-state index in [2.05, 4.69) is 15.2 Å². The number of carbonyl (C=O) groups excluding carboxylic acids is 1. The lowest BCUT2D eigenvalue weighted by Crippen LogP contribution is -2.22. The third-order valence-corrected chi connectivity index (χ3v) is 1.94. The molecule has 0 aliphatic heterocycles. The molecule has 0 atom stereocenters. The van der Waals surface area contributed by atoms with Crippen molar-refractivity contribution in [3.63, 3.8) is 0 Å². The molecule has 1 rings (SSSR count). The smallest absolute Gasteiger partial charge is 0.407 e. The molecule has 0 spiro atoms. The second-order valence-electron chi connectivity index (χ2n) is 2.97. The fourth-order valence-electron chi connectivity index (χ4n) is 1.27. The summed E-state index contributed by atoms with van der Waals surface area (Å²) in [7, 11) is 3.21. The van der Waals surface area contributed by atoms with Crippen LogP contribution in [0.15, 0.2) is 6.20 Å². The van der Waals surface area contributed by atoms with Gasteiger partial charge in [-0.3, -0.25) is 4.68 Å². The molecule has 0 fully saturated rings. The van der Waals surface area contributed by atoms with Crippen molar-refractivity contribution in [2.75, 3.05) is 7.11 Å². The summed E-state index contributed by atoms with van der Waals surface area (Å²) < 4.78 is 6.22. The Hall–Kier alpha value is -1.52. The Morgan fingerprint density at radius 2 is 2.43 bits per heavy atom. The Balaban J connectivity index is 2.61. The van der Waals surface area contributed by atoms with Gasteiger partial charge in [-0.1, -0.05) is 6.92 Å². The van der Waals surface area contributed by atoms with Gasteiger partial charge in [0.25, 0.3) is 0 Å². The van der Waals surface area contributed by atoms with Crippen LogP contribution in [0.3, 0.4) is 0 Å². The number of hydrogen-bond acceptors (Lipinski definition) is 3. The minimum absolute atomic E-state index is 0.420. The fraction of sp³-hybridized carbons (Fsp3) is 0.556. The van der Waals surface area contributed by atoms with Crippen LogP contribution in [0.5, 0.6) is 0 Å². The number of amides is 1. The van der Waals surface area contributed by atoms with Gasteiger partial charge in [-0.25, -0.2) is 4.79 Å². The van der Waals surface area contributed by atoms with Gasteiger partial charge in [-0.05, 0) is 6.42 Å². The number of hydrogen-bond donors (Lipinski definition) is 1. The highest BCUT2D eigenvalue weighted by atomic mass is 16.5. The second-order valence-corrected chi connectivity index (χ2v) is 2.97. The van der Waals surface area contributed by atoms with Crippen LogP contribution >= 0.6 is 0 Å². The Morgan fingerprint density at radius 3 is 3.00 bits per heavy atom. The number of aryl methyl sites for hydroxylation is 2. The number of rotatable bonds is 3. The third kappa shape index (κ3) is 2.48. The fourth-order valence-corrected chi connectivity index (χ4v) is 1.27. The van der Waals surface area contributed by atoms with E-state index in [1.54, 1.807) is 4.68 Å². The molecule has 0 bridgehead atoms. The van der Waals surface area contributed by atoms with E-state index in [9.17, 15) is 4.79 Å². The average molecular weight is 197 g/mol. The summed E-state index contributed by atoms with van der Waals surface area (Å²) in [6.45, 7) is 2.49. The number of methoxy groups -OCH3 is 1. The third-order valence-electron chi connectivity index (χ3n) is 1.94. The molecule has 5 nitrogen and oxygen atoms in total. The van der Waals surface area contributed by atoms with Crippen molar-refractivity contribution in [3.8, 4) is 0 Å². The van der Waals surface area contributed by atoms with Gasteiger partial charge in [0.1, 0.15) is 0 Å². The first-order chi connectivity index (χ1) is 6.67. The molecular formula is C9H15N3O2. The van der Waals surface area contributed by atoms with Gasteiger partial charge in [-0.15, -0.1) is 0 Å². The highest BCUT2D eigenvalue weighted by Gasteiger charge is 2.06. The van der Waals surface area contributed by atoms with Crippen molar-refractivity contribution in [2.45, 2.75) is 19.9 Å². The van der Waals surface area contributed by atoms with E-state index in [-0.39, 0.29) is 0 Å². The van der Waals surface area contributed by atoms with Gasteiger partial charge in [0, 0.05) is 25.4 Å². The number of nitrogens with zero attached hydrogens (tertiary/aromatic N) is 2. The number of alkyl carbamates (subject to hydrolysis) is 1. The Labute approximate surface area is 83.1 Å². The lowest BCUT2D eigenvalue weighted by molar-refractivity contribution is 0.170. The van der Waals surface area contributed by atoms with Gasteiger partial charge < -0.3 is 10.1 Å². The molecule has 0 radical (unpaired) electrons. The van der Waals surface area contributed by atoms with E-state index in [1.807, 2.05) is 20.2 Å². The summed E-state index contributed by atoms with van der Waals surface area (Å²) in [6.07, 6.45) is 2.34. The van der Waals surface area contributed by atoms with Crippen molar-refractivity contribution in [1.82, 2.24) is 15.1 Å². The Morgan fingerprint density at radius 1 is 1.71 bits per heavy atom. The van der Waals surface area contributed by atoms with Gasteiger partial charge in [-0.2, -0.15) is 5.10 Å². The van der Waals surface area contributed by atoms with Crippen LogP contribution in [0.4, 0.5) is 4.79 Å². The quantitative estimate of drug-likeness (QED) is 0.781. The molecule has 0 aromatic carbocycles. The van der Waals surface area contributed by atoms with Crippen molar-refractivity contribution >= 4 is 6.09 Å². The minimum Gasteiger partial charge on any atom is -0.453 e. The minimum atomic E-state index is -0.420. The first-order valence-electron chi connectivity index (χ1n) is 4.50. The van der Waals surface area contributed by atoms with Crippen molar-refractivity contribution < 1.29 is 9.53 Å². The number of aromatic nitrogens is 2. The SMILES string of the molecule is CCc1nn(C)cc1CNC(=O)OC. The predicted octanol–water partition coefficient (Wildman–Crippen LogP) is 0.839. The zero-order valence-electron chi connectivity index (χ0n) is 8.70. The molecule has 0 aliphatic carbocycles. The summed E-state index contributed by atoms with van der Waals surface area (Å²) in [6, 6.07) is 0. The number of ether oxygens (including phenoxy) is 1. The maximum atomic E-state index is 10.8. The summed E-state index contributed by atoms with van der Waals surface area (Å²) in [5.41, 5.74) is 2.03. The van der Waals surface area contributed by atoms with Crippen LogP contribution in [0, 0.1) is 0 Å². The van der Waals surface area contributed by atoms with E-state index in [0.29, 0.717) is 6.54 Å². The summed E-state index contributed by atoms with van der Waals surface area (Å²) in [5.74, 6) is 0. The maximum Gasteiger partial charge on any atom is 0.407 e. The van der Waals surface area contributed by atoms with E-state index < -0.39 is 6.09 Å². The van der Waals surface area contributed by atoms with E-state index in [0.717, 1.165) is 17.7 Å². The standard InChI is InChI=1S/C9H15N3O2/c1-4-8-7(6-12(2)11-8)5-10-9(13)14-3/h6H,4-5H2,1-3H3,(H,10,13). The first kappa shape index (κ1) is 10.6. The molecule has 0 saturated carbocycles. The molecular weight excluding hydrogens is 182 g/mol. The predicted molar refractivity (Wildman–Crippen MR) is 51.8 cm³/mol. The van der Waals surface area contributed by atoms with Crippen molar-refractivity contribution in [1.29, 1.82) is 0 Å². The monoisotopic (exact) mass is 197 g/mol. The molecule has 0 saturated heterocycles. The molecule has 14 heavy (non-hydrogen) atoms. The molecule has 5 heteroatoms.